The van der Waals surface area contributed by atoms with E-state index in [-0.39, 0.29) is 6.10 Å². The maximum Gasteiger partial charge on any atom is 0.125 e. The summed E-state index contributed by atoms with van der Waals surface area (Å²) >= 11 is 3.50. The fourth-order valence-electron chi connectivity index (χ4n) is 2.22. The highest BCUT2D eigenvalue weighted by molar-refractivity contribution is 9.10. The molecule has 0 radical (unpaired) electrons. The molecule has 0 saturated carbocycles. The Hall–Kier alpha value is -1.32. The number of nitrogens with two attached hydrogens (primary N) is 1. The zero-order valence-electron chi connectivity index (χ0n) is 12.1. The van der Waals surface area contributed by atoms with E-state index >= 15 is 0 Å². The maximum atomic E-state index is 6.60. The number of hydrogen-bond acceptors (Lipinski definition) is 2. The van der Waals surface area contributed by atoms with Gasteiger partial charge in [0.15, 0.2) is 0 Å². The van der Waals surface area contributed by atoms with Crippen molar-refractivity contribution in [2.75, 3.05) is 0 Å². The molecule has 2 aromatic carbocycles. The fourth-order valence-corrected chi connectivity index (χ4v) is 2.62. The first-order valence-electron chi connectivity index (χ1n) is 6.72. The average molecular weight is 334 g/mol. The number of ether oxygens (including phenoxy) is 1. The highest BCUT2D eigenvalue weighted by Gasteiger charge is 2.27. The summed E-state index contributed by atoms with van der Waals surface area (Å²) in [5.41, 5.74) is 8.04. The van der Waals surface area contributed by atoms with Crippen LogP contribution in [0.15, 0.2) is 53.0 Å². The zero-order chi connectivity index (χ0) is 14.8. The topological polar surface area (TPSA) is 35.2 Å². The van der Waals surface area contributed by atoms with Crippen molar-refractivity contribution in [2.45, 2.75) is 32.4 Å². The van der Waals surface area contributed by atoms with E-state index in [4.69, 9.17) is 10.5 Å². The van der Waals surface area contributed by atoms with Crippen LogP contribution in [-0.2, 0) is 5.54 Å². The molecule has 2 aromatic rings. The smallest absolute Gasteiger partial charge is 0.125 e. The Balaban J connectivity index is 2.48. The first kappa shape index (κ1) is 15.1. The molecular weight excluding hydrogens is 314 g/mol. The molecule has 0 fully saturated rings. The molecule has 0 amide bonds. The molecule has 0 aliphatic carbocycles. The van der Waals surface area contributed by atoms with Gasteiger partial charge in [0.2, 0.25) is 0 Å². The van der Waals surface area contributed by atoms with Gasteiger partial charge in [0.05, 0.1) is 11.6 Å². The van der Waals surface area contributed by atoms with Gasteiger partial charge in [-0.1, -0.05) is 46.3 Å². The van der Waals surface area contributed by atoms with Crippen LogP contribution < -0.4 is 10.5 Å². The van der Waals surface area contributed by atoms with E-state index in [9.17, 15) is 0 Å². The lowest BCUT2D eigenvalue weighted by Crippen LogP contribution is -2.35. The van der Waals surface area contributed by atoms with E-state index in [0.29, 0.717) is 0 Å². The summed E-state index contributed by atoms with van der Waals surface area (Å²) in [6.45, 7) is 6.05. The van der Waals surface area contributed by atoms with Gasteiger partial charge in [0.25, 0.3) is 0 Å². The van der Waals surface area contributed by atoms with Crippen LogP contribution in [0.3, 0.4) is 0 Å². The monoisotopic (exact) mass is 333 g/mol. The minimum absolute atomic E-state index is 0.120. The summed E-state index contributed by atoms with van der Waals surface area (Å²) in [7, 11) is 0. The molecule has 0 saturated heterocycles. The van der Waals surface area contributed by atoms with Crippen LogP contribution >= 0.6 is 15.9 Å². The number of halogens is 1. The summed E-state index contributed by atoms with van der Waals surface area (Å²) < 4.78 is 6.91. The van der Waals surface area contributed by atoms with Crippen molar-refractivity contribution >= 4 is 15.9 Å². The number of para-hydroxylation sites is 1. The normalized spacial score (nSPS) is 14.1. The van der Waals surface area contributed by atoms with E-state index in [2.05, 4.69) is 15.9 Å². The summed E-state index contributed by atoms with van der Waals surface area (Å²) in [5, 5.41) is 0. The van der Waals surface area contributed by atoms with Gasteiger partial charge in [-0.15, -0.1) is 0 Å². The Bertz CT molecular complexity index is 593. The minimum atomic E-state index is -0.602. The second-order valence-electron chi connectivity index (χ2n) is 5.38. The van der Waals surface area contributed by atoms with Gasteiger partial charge >= 0.3 is 0 Å². The van der Waals surface area contributed by atoms with Crippen molar-refractivity contribution < 1.29 is 4.74 Å². The van der Waals surface area contributed by atoms with Crippen LogP contribution in [0.5, 0.6) is 5.75 Å². The number of rotatable bonds is 4. The van der Waals surface area contributed by atoms with Crippen molar-refractivity contribution in [2.24, 2.45) is 5.73 Å². The molecule has 2 rings (SSSR count). The van der Waals surface area contributed by atoms with Gasteiger partial charge in [0.1, 0.15) is 5.75 Å². The Morgan fingerprint density at radius 3 is 2.45 bits per heavy atom. The third-order valence-corrected chi connectivity index (χ3v) is 3.73. The van der Waals surface area contributed by atoms with Crippen molar-refractivity contribution in [1.82, 2.24) is 0 Å². The average Bonchev–Trinajstić information content (AvgIpc) is 2.38. The first-order chi connectivity index (χ1) is 9.41. The van der Waals surface area contributed by atoms with Gasteiger partial charge in [-0.05, 0) is 44.5 Å². The van der Waals surface area contributed by atoms with Crippen LogP contribution in [0.2, 0.25) is 0 Å². The lowest BCUT2D eigenvalue weighted by atomic mass is 9.85. The molecule has 0 aromatic heterocycles. The largest absolute Gasteiger partial charge is 0.491 e. The first-order valence-corrected chi connectivity index (χ1v) is 7.51. The van der Waals surface area contributed by atoms with Gasteiger partial charge in [-0.25, -0.2) is 0 Å². The molecule has 0 aliphatic rings. The van der Waals surface area contributed by atoms with Crippen molar-refractivity contribution in [3.8, 4) is 5.75 Å². The highest BCUT2D eigenvalue weighted by Crippen LogP contribution is 2.34. The molecule has 2 N–H and O–H groups in total. The summed E-state index contributed by atoms with van der Waals surface area (Å²) in [6, 6.07) is 16.0. The van der Waals surface area contributed by atoms with Crippen LogP contribution in [0.25, 0.3) is 0 Å². The molecule has 0 heterocycles. The predicted octanol–water partition coefficient (Wildman–Crippen LogP) is 4.46. The molecule has 106 valence electrons. The Kier molecular flexibility index (Phi) is 4.51. The van der Waals surface area contributed by atoms with Crippen molar-refractivity contribution in [3.63, 3.8) is 0 Å². The second kappa shape index (κ2) is 5.98. The van der Waals surface area contributed by atoms with Crippen molar-refractivity contribution in [1.29, 1.82) is 0 Å². The Morgan fingerprint density at radius 1 is 1.10 bits per heavy atom. The molecule has 3 heteroatoms. The molecule has 2 nitrogen and oxygen atoms in total. The molecule has 0 spiro atoms. The van der Waals surface area contributed by atoms with Gasteiger partial charge in [-0.2, -0.15) is 0 Å². The zero-order valence-corrected chi connectivity index (χ0v) is 13.6. The second-order valence-corrected chi connectivity index (χ2v) is 6.29. The molecular formula is C17H20BrNO. The van der Waals surface area contributed by atoms with Gasteiger partial charge in [0, 0.05) is 10.0 Å². The van der Waals surface area contributed by atoms with Crippen LogP contribution in [-0.4, -0.2) is 6.10 Å². The van der Waals surface area contributed by atoms with Crippen LogP contribution in [0.1, 0.15) is 31.9 Å². The van der Waals surface area contributed by atoms with E-state index in [0.717, 1.165) is 21.3 Å². The summed E-state index contributed by atoms with van der Waals surface area (Å²) in [5.74, 6) is 0.840. The highest BCUT2D eigenvalue weighted by atomic mass is 79.9. The standard InChI is InChI=1S/C17H20BrNO/c1-12(2)20-16-10-5-4-9-15(16)17(3,19)13-7-6-8-14(18)11-13/h4-12H,19H2,1-3H3. The van der Waals surface area contributed by atoms with Crippen LogP contribution in [0, 0.1) is 0 Å². The molecule has 1 unspecified atom stereocenters. The van der Waals surface area contributed by atoms with E-state index < -0.39 is 5.54 Å². The number of hydrogen-bond donors (Lipinski definition) is 1. The summed E-state index contributed by atoms with van der Waals surface area (Å²) in [4.78, 5) is 0. The Morgan fingerprint density at radius 2 is 1.80 bits per heavy atom. The molecule has 0 bridgehead atoms. The quantitative estimate of drug-likeness (QED) is 0.896. The fraction of sp³-hybridized carbons (Fsp3) is 0.294. The minimum Gasteiger partial charge on any atom is -0.491 e. The summed E-state index contributed by atoms with van der Waals surface area (Å²) in [6.07, 6.45) is 0.120. The molecule has 1 atom stereocenters. The van der Waals surface area contributed by atoms with Crippen molar-refractivity contribution in [3.05, 3.63) is 64.1 Å². The molecule has 20 heavy (non-hydrogen) atoms. The third kappa shape index (κ3) is 3.22. The lowest BCUT2D eigenvalue weighted by molar-refractivity contribution is 0.237. The van der Waals surface area contributed by atoms with Crippen LogP contribution in [0.4, 0.5) is 0 Å². The molecule has 0 aliphatic heterocycles. The van der Waals surface area contributed by atoms with E-state index in [1.807, 2.05) is 69.3 Å². The van der Waals surface area contributed by atoms with Gasteiger partial charge < -0.3 is 10.5 Å². The van der Waals surface area contributed by atoms with E-state index in [1.54, 1.807) is 0 Å². The predicted molar refractivity (Wildman–Crippen MR) is 87.0 cm³/mol. The van der Waals surface area contributed by atoms with Gasteiger partial charge in [-0.3, -0.25) is 0 Å². The maximum absolute atomic E-state index is 6.60. The Labute approximate surface area is 129 Å². The lowest BCUT2D eigenvalue weighted by Gasteiger charge is -2.29. The van der Waals surface area contributed by atoms with E-state index in [1.165, 1.54) is 0 Å². The number of benzene rings is 2. The SMILES string of the molecule is CC(C)Oc1ccccc1C(C)(N)c1cccc(Br)c1. The third-order valence-electron chi connectivity index (χ3n) is 3.23.